The molecule has 2 aromatic rings. The van der Waals surface area contributed by atoms with E-state index in [1.165, 1.54) is 5.56 Å². The van der Waals surface area contributed by atoms with Crippen molar-refractivity contribution in [1.82, 2.24) is 15.0 Å². The summed E-state index contributed by atoms with van der Waals surface area (Å²) in [5.41, 5.74) is 2.35. The minimum Gasteiger partial charge on any atom is -0.380 e. The molecule has 7 heteroatoms. The minimum atomic E-state index is 0.110. The fraction of sp³-hybridized carbons (Fsp3) is 0.591. The number of hydrogen-bond acceptors (Lipinski definition) is 6. The number of anilines is 1. The third kappa shape index (κ3) is 3.41. The predicted octanol–water partition coefficient (Wildman–Crippen LogP) is 3.05. The molecule has 29 heavy (non-hydrogen) atoms. The van der Waals surface area contributed by atoms with Crippen LogP contribution in [0.3, 0.4) is 0 Å². The lowest BCUT2D eigenvalue weighted by Crippen LogP contribution is -2.66. The maximum atomic E-state index is 12.8. The highest BCUT2D eigenvalue weighted by atomic mass is 16.5. The minimum absolute atomic E-state index is 0.110. The summed E-state index contributed by atoms with van der Waals surface area (Å²) >= 11 is 0. The van der Waals surface area contributed by atoms with E-state index in [-0.39, 0.29) is 11.8 Å². The van der Waals surface area contributed by atoms with Gasteiger partial charge in [-0.05, 0) is 41.6 Å². The van der Waals surface area contributed by atoms with Gasteiger partial charge < -0.3 is 19.1 Å². The van der Waals surface area contributed by atoms with Crippen molar-refractivity contribution in [2.24, 2.45) is 5.41 Å². The molecule has 5 rings (SSSR count). The van der Waals surface area contributed by atoms with Gasteiger partial charge in [-0.3, -0.25) is 4.79 Å². The Morgan fingerprint density at radius 1 is 1.14 bits per heavy atom. The third-order valence-electron chi connectivity index (χ3n) is 6.54. The van der Waals surface area contributed by atoms with Crippen molar-refractivity contribution in [2.75, 3.05) is 44.3 Å². The second-order valence-electron chi connectivity index (χ2n) is 9.12. The van der Waals surface area contributed by atoms with Crippen LogP contribution < -0.4 is 4.90 Å². The Morgan fingerprint density at radius 3 is 2.41 bits per heavy atom. The molecule has 7 nitrogen and oxygen atoms in total. The van der Waals surface area contributed by atoms with Crippen molar-refractivity contribution < 1.29 is 14.1 Å². The first-order valence-corrected chi connectivity index (χ1v) is 10.6. The molecule has 0 bridgehead atoms. The molecule has 1 aromatic carbocycles. The first kappa shape index (κ1) is 18.6. The Morgan fingerprint density at radius 2 is 1.83 bits per heavy atom. The van der Waals surface area contributed by atoms with Gasteiger partial charge in [-0.15, -0.1) is 0 Å². The molecule has 3 fully saturated rings. The summed E-state index contributed by atoms with van der Waals surface area (Å²) in [6, 6.07) is 8.00. The SMILES string of the molecule is CC(C)c1ccc(C(=O)N2CCC(c3nc(N4CC5(COC5)C4)no3)CC2)cc1. The number of carbonyl (C=O) groups excluding carboxylic acids is 1. The van der Waals surface area contributed by atoms with E-state index in [1.807, 2.05) is 17.0 Å². The number of amides is 1. The molecule has 3 saturated heterocycles. The normalized spacial score (nSPS) is 21.3. The Bertz CT molecular complexity index is 872. The fourth-order valence-electron chi connectivity index (χ4n) is 4.52. The van der Waals surface area contributed by atoms with Gasteiger partial charge in [0, 0.05) is 37.7 Å². The lowest BCUT2D eigenvalue weighted by atomic mass is 9.78. The van der Waals surface area contributed by atoms with Gasteiger partial charge >= 0.3 is 0 Å². The van der Waals surface area contributed by atoms with Gasteiger partial charge in [0.1, 0.15) is 0 Å². The van der Waals surface area contributed by atoms with Crippen molar-refractivity contribution in [2.45, 2.75) is 38.5 Å². The van der Waals surface area contributed by atoms with Crippen LogP contribution in [-0.2, 0) is 4.74 Å². The molecule has 0 aliphatic carbocycles. The number of rotatable bonds is 4. The molecule has 0 unspecified atom stereocenters. The standard InChI is InChI=1S/C22H28N4O3/c1-15(2)16-3-5-18(6-4-16)20(27)25-9-7-17(8-10-25)19-23-21(24-29-19)26-11-22(12-26)13-28-14-22/h3-6,15,17H,7-14H2,1-2H3. The zero-order chi connectivity index (χ0) is 20.0. The molecule has 1 amide bonds. The van der Waals surface area contributed by atoms with Crippen molar-refractivity contribution in [3.05, 3.63) is 41.3 Å². The predicted molar refractivity (Wildman–Crippen MR) is 108 cm³/mol. The molecule has 0 N–H and O–H groups in total. The molecule has 3 aliphatic heterocycles. The summed E-state index contributed by atoms with van der Waals surface area (Å²) in [5, 5.41) is 4.18. The number of benzene rings is 1. The van der Waals surface area contributed by atoms with Crippen LogP contribution in [0.5, 0.6) is 0 Å². The number of likely N-dealkylation sites (tertiary alicyclic amines) is 1. The summed E-state index contributed by atoms with van der Waals surface area (Å²) in [4.78, 5) is 21.6. The van der Waals surface area contributed by atoms with Gasteiger partial charge in [0.25, 0.3) is 11.9 Å². The van der Waals surface area contributed by atoms with E-state index in [0.29, 0.717) is 23.2 Å². The number of nitrogens with zero attached hydrogens (tertiary/aromatic N) is 4. The van der Waals surface area contributed by atoms with E-state index in [2.05, 4.69) is 41.0 Å². The molecule has 3 aliphatic rings. The van der Waals surface area contributed by atoms with Crippen LogP contribution in [0.2, 0.25) is 0 Å². The fourth-order valence-corrected chi connectivity index (χ4v) is 4.52. The van der Waals surface area contributed by atoms with Crippen LogP contribution in [-0.4, -0.2) is 60.3 Å². The van der Waals surface area contributed by atoms with E-state index in [9.17, 15) is 4.79 Å². The van der Waals surface area contributed by atoms with E-state index in [4.69, 9.17) is 9.26 Å². The Labute approximate surface area is 171 Å². The van der Waals surface area contributed by atoms with Crippen molar-refractivity contribution in [1.29, 1.82) is 0 Å². The second-order valence-corrected chi connectivity index (χ2v) is 9.12. The van der Waals surface area contributed by atoms with Crippen LogP contribution >= 0.6 is 0 Å². The Kier molecular flexibility index (Phi) is 4.57. The highest BCUT2D eigenvalue weighted by molar-refractivity contribution is 5.94. The van der Waals surface area contributed by atoms with Gasteiger partial charge in [0.05, 0.1) is 18.6 Å². The average molecular weight is 396 g/mol. The van der Waals surface area contributed by atoms with Gasteiger partial charge in [-0.2, -0.15) is 4.98 Å². The zero-order valence-electron chi connectivity index (χ0n) is 17.1. The van der Waals surface area contributed by atoms with E-state index in [1.54, 1.807) is 0 Å². The molecule has 0 radical (unpaired) electrons. The van der Waals surface area contributed by atoms with Crippen LogP contribution in [0.1, 0.15) is 60.3 Å². The highest BCUT2D eigenvalue weighted by Gasteiger charge is 2.50. The number of piperidine rings is 1. The zero-order valence-corrected chi connectivity index (χ0v) is 17.1. The average Bonchev–Trinajstić information content (AvgIpc) is 3.15. The van der Waals surface area contributed by atoms with Crippen LogP contribution in [0.25, 0.3) is 0 Å². The lowest BCUT2D eigenvalue weighted by molar-refractivity contribution is -0.127. The highest BCUT2D eigenvalue weighted by Crippen LogP contribution is 2.39. The lowest BCUT2D eigenvalue weighted by Gasteiger charge is -2.54. The van der Waals surface area contributed by atoms with Gasteiger partial charge in [-0.25, -0.2) is 0 Å². The van der Waals surface area contributed by atoms with Gasteiger partial charge in [0.15, 0.2) is 0 Å². The first-order chi connectivity index (χ1) is 14.0. The maximum Gasteiger partial charge on any atom is 0.266 e. The number of hydrogen-bond donors (Lipinski definition) is 0. The Balaban J connectivity index is 1.16. The third-order valence-corrected chi connectivity index (χ3v) is 6.54. The first-order valence-electron chi connectivity index (χ1n) is 10.6. The van der Waals surface area contributed by atoms with Gasteiger partial charge in [-0.1, -0.05) is 26.0 Å². The smallest absolute Gasteiger partial charge is 0.266 e. The monoisotopic (exact) mass is 396 g/mol. The molecule has 1 spiro atoms. The summed E-state index contributed by atoms with van der Waals surface area (Å²) in [5.74, 6) is 2.21. The summed E-state index contributed by atoms with van der Waals surface area (Å²) in [7, 11) is 0. The molecule has 4 heterocycles. The second kappa shape index (κ2) is 7.13. The molecule has 0 saturated carbocycles. The molecular formula is C22H28N4O3. The van der Waals surface area contributed by atoms with Crippen LogP contribution in [0.4, 0.5) is 5.95 Å². The number of aromatic nitrogens is 2. The van der Waals surface area contributed by atoms with Gasteiger partial charge in [0.2, 0.25) is 5.89 Å². The molecular weight excluding hydrogens is 368 g/mol. The molecule has 0 atom stereocenters. The largest absolute Gasteiger partial charge is 0.380 e. The van der Waals surface area contributed by atoms with E-state index in [0.717, 1.165) is 57.8 Å². The Hall–Kier alpha value is -2.41. The van der Waals surface area contributed by atoms with E-state index >= 15 is 0 Å². The van der Waals surface area contributed by atoms with E-state index < -0.39 is 0 Å². The molecule has 154 valence electrons. The summed E-state index contributed by atoms with van der Waals surface area (Å²) in [6.45, 7) is 9.36. The van der Waals surface area contributed by atoms with Crippen molar-refractivity contribution >= 4 is 11.9 Å². The number of ether oxygens (including phenoxy) is 1. The van der Waals surface area contributed by atoms with Crippen molar-refractivity contribution in [3.8, 4) is 0 Å². The molecule has 1 aromatic heterocycles. The quantitative estimate of drug-likeness (QED) is 0.791. The maximum absolute atomic E-state index is 12.8. The number of carbonyl (C=O) groups is 1. The topological polar surface area (TPSA) is 71.7 Å². The summed E-state index contributed by atoms with van der Waals surface area (Å²) < 4.78 is 10.9. The summed E-state index contributed by atoms with van der Waals surface area (Å²) in [6.07, 6.45) is 1.71. The van der Waals surface area contributed by atoms with Crippen molar-refractivity contribution in [3.63, 3.8) is 0 Å². The van der Waals surface area contributed by atoms with Crippen LogP contribution in [0, 0.1) is 5.41 Å². The van der Waals surface area contributed by atoms with Crippen LogP contribution in [0.15, 0.2) is 28.8 Å².